The molecule has 0 bridgehead atoms. The van der Waals surface area contributed by atoms with Crippen LogP contribution in [0.15, 0.2) is 42.5 Å². The Morgan fingerprint density at radius 3 is 2.32 bits per heavy atom. The molecular formula is C20H23NO4. The van der Waals surface area contributed by atoms with Crippen molar-refractivity contribution in [2.24, 2.45) is 0 Å². The summed E-state index contributed by atoms with van der Waals surface area (Å²) in [4.78, 5) is 24.2. The number of methoxy groups -OCH3 is 2. The number of nitrogens with one attached hydrogen (secondary N) is 1. The van der Waals surface area contributed by atoms with Gasteiger partial charge in [0, 0.05) is 18.4 Å². The molecular weight excluding hydrogens is 318 g/mol. The van der Waals surface area contributed by atoms with Gasteiger partial charge in [0.25, 0.3) is 0 Å². The first-order chi connectivity index (χ1) is 12.0. The van der Waals surface area contributed by atoms with Gasteiger partial charge in [-0.2, -0.15) is 0 Å². The summed E-state index contributed by atoms with van der Waals surface area (Å²) in [6.07, 6.45) is 1.09. The topological polar surface area (TPSA) is 64.6 Å². The maximum absolute atomic E-state index is 12.1. The number of carbonyl (C=O) groups excluding carboxylic acids is 2. The number of aryl methyl sites for hydroxylation is 1. The van der Waals surface area contributed by atoms with E-state index in [4.69, 9.17) is 9.47 Å². The number of ketones is 1. The first-order valence-electron chi connectivity index (χ1n) is 8.15. The molecule has 0 aliphatic heterocycles. The monoisotopic (exact) mass is 341 g/mol. The summed E-state index contributed by atoms with van der Waals surface area (Å²) in [6, 6.07) is 12.6. The van der Waals surface area contributed by atoms with Gasteiger partial charge >= 0.3 is 0 Å². The first kappa shape index (κ1) is 18.5. The molecule has 0 aromatic heterocycles. The summed E-state index contributed by atoms with van der Waals surface area (Å²) >= 11 is 0. The second kappa shape index (κ2) is 8.87. The summed E-state index contributed by atoms with van der Waals surface area (Å²) in [5.41, 5.74) is 2.31. The third kappa shape index (κ3) is 5.35. The fraction of sp³-hybridized carbons (Fsp3) is 0.300. The molecule has 2 rings (SSSR count). The summed E-state index contributed by atoms with van der Waals surface area (Å²) in [5.74, 6) is 1.21. The smallest absolute Gasteiger partial charge is 0.224 e. The molecule has 0 saturated heterocycles. The third-order valence-electron chi connectivity index (χ3n) is 3.85. The van der Waals surface area contributed by atoms with Gasteiger partial charge < -0.3 is 14.8 Å². The van der Waals surface area contributed by atoms with Crippen molar-refractivity contribution in [3.05, 3.63) is 53.6 Å². The minimum absolute atomic E-state index is 0.0172. The summed E-state index contributed by atoms with van der Waals surface area (Å²) in [6.45, 7) is 1.95. The second-order valence-electron chi connectivity index (χ2n) is 5.76. The van der Waals surface area contributed by atoms with Gasteiger partial charge in [-0.05, 0) is 55.3 Å². The SMILES string of the molecule is COc1ccc(C(=O)CCCC(=O)Nc2cc(C)ccc2OC)cc1. The second-order valence-corrected chi connectivity index (χ2v) is 5.76. The summed E-state index contributed by atoms with van der Waals surface area (Å²) in [5, 5.41) is 2.84. The Labute approximate surface area is 148 Å². The van der Waals surface area contributed by atoms with Gasteiger partial charge in [0.15, 0.2) is 5.78 Å². The first-order valence-corrected chi connectivity index (χ1v) is 8.15. The lowest BCUT2D eigenvalue weighted by molar-refractivity contribution is -0.116. The molecule has 0 unspecified atom stereocenters. The molecule has 1 amide bonds. The van der Waals surface area contributed by atoms with E-state index in [2.05, 4.69) is 5.32 Å². The molecule has 0 atom stereocenters. The Hall–Kier alpha value is -2.82. The van der Waals surface area contributed by atoms with Crippen molar-refractivity contribution in [2.45, 2.75) is 26.2 Å². The Bertz CT molecular complexity index is 738. The molecule has 0 aliphatic rings. The van der Waals surface area contributed by atoms with Gasteiger partial charge in [-0.25, -0.2) is 0 Å². The Morgan fingerprint density at radius 1 is 0.960 bits per heavy atom. The molecule has 5 nitrogen and oxygen atoms in total. The predicted octanol–water partition coefficient (Wildman–Crippen LogP) is 4.00. The van der Waals surface area contributed by atoms with E-state index in [0.717, 1.165) is 5.56 Å². The normalized spacial score (nSPS) is 10.2. The molecule has 0 saturated carbocycles. The zero-order valence-corrected chi connectivity index (χ0v) is 14.8. The fourth-order valence-electron chi connectivity index (χ4n) is 2.46. The van der Waals surface area contributed by atoms with Crippen molar-refractivity contribution in [1.29, 1.82) is 0 Å². The number of ether oxygens (including phenoxy) is 2. The van der Waals surface area contributed by atoms with E-state index in [0.29, 0.717) is 35.6 Å². The number of carbonyl (C=O) groups is 2. The van der Waals surface area contributed by atoms with E-state index in [1.54, 1.807) is 38.5 Å². The van der Waals surface area contributed by atoms with Crippen LogP contribution in [0, 0.1) is 6.92 Å². The average Bonchev–Trinajstić information content (AvgIpc) is 2.62. The van der Waals surface area contributed by atoms with Gasteiger partial charge in [0.2, 0.25) is 5.91 Å². The molecule has 0 aliphatic carbocycles. The van der Waals surface area contributed by atoms with Crippen LogP contribution in [0.25, 0.3) is 0 Å². The van der Waals surface area contributed by atoms with E-state index in [9.17, 15) is 9.59 Å². The van der Waals surface area contributed by atoms with Crippen molar-refractivity contribution in [3.8, 4) is 11.5 Å². The van der Waals surface area contributed by atoms with E-state index in [-0.39, 0.29) is 18.1 Å². The van der Waals surface area contributed by atoms with Gasteiger partial charge in [-0.1, -0.05) is 6.07 Å². The molecule has 0 radical (unpaired) electrons. The number of hydrogen-bond acceptors (Lipinski definition) is 4. The minimum Gasteiger partial charge on any atom is -0.497 e. The molecule has 2 aromatic carbocycles. The van der Waals surface area contributed by atoms with Gasteiger partial charge in [0.05, 0.1) is 19.9 Å². The average molecular weight is 341 g/mol. The van der Waals surface area contributed by atoms with E-state index >= 15 is 0 Å². The maximum Gasteiger partial charge on any atom is 0.224 e. The summed E-state index contributed by atoms with van der Waals surface area (Å²) in [7, 11) is 3.15. The number of rotatable bonds is 8. The lowest BCUT2D eigenvalue weighted by atomic mass is 10.1. The van der Waals surface area contributed by atoms with Crippen molar-refractivity contribution in [2.75, 3.05) is 19.5 Å². The number of Topliss-reactive ketones (excluding diaryl/α,β-unsaturated/α-hetero) is 1. The number of anilines is 1. The third-order valence-corrected chi connectivity index (χ3v) is 3.85. The van der Waals surface area contributed by atoms with Gasteiger partial charge in [0.1, 0.15) is 11.5 Å². The standard InChI is InChI=1S/C20H23NO4/c1-14-7-12-19(25-3)17(13-14)21-20(23)6-4-5-18(22)15-8-10-16(24-2)11-9-15/h7-13H,4-6H2,1-3H3,(H,21,23). The highest BCUT2D eigenvalue weighted by Gasteiger charge is 2.10. The molecule has 0 spiro atoms. The molecule has 5 heteroatoms. The Balaban J connectivity index is 1.84. The fourth-order valence-corrected chi connectivity index (χ4v) is 2.46. The van der Waals surface area contributed by atoms with Crippen LogP contribution in [0.3, 0.4) is 0 Å². The highest BCUT2D eigenvalue weighted by atomic mass is 16.5. The van der Waals surface area contributed by atoms with Crippen molar-refractivity contribution in [3.63, 3.8) is 0 Å². The van der Waals surface area contributed by atoms with Crippen LogP contribution in [0.2, 0.25) is 0 Å². The van der Waals surface area contributed by atoms with Crippen molar-refractivity contribution < 1.29 is 19.1 Å². The Morgan fingerprint density at radius 2 is 1.68 bits per heavy atom. The highest BCUT2D eigenvalue weighted by Crippen LogP contribution is 2.25. The van der Waals surface area contributed by atoms with Crippen molar-refractivity contribution in [1.82, 2.24) is 0 Å². The van der Waals surface area contributed by atoms with Crippen LogP contribution in [-0.4, -0.2) is 25.9 Å². The van der Waals surface area contributed by atoms with Crippen LogP contribution in [0.4, 0.5) is 5.69 Å². The zero-order valence-electron chi connectivity index (χ0n) is 14.8. The molecule has 1 N–H and O–H groups in total. The van der Waals surface area contributed by atoms with Gasteiger partial charge in [-0.15, -0.1) is 0 Å². The van der Waals surface area contributed by atoms with Crippen LogP contribution in [0.5, 0.6) is 11.5 Å². The molecule has 132 valence electrons. The number of amides is 1. The highest BCUT2D eigenvalue weighted by molar-refractivity contribution is 5.97. The molecule has 2 aromatic rings. The summed E-state index contributed by atoms with van der Waals surface area (Å²) < 4.78 is 10.3. The van der Waals surface area contributed by atoms with Crippen LogP contribution >= 0.6 is 0 Å². The van der Waals surface area contributed by atoms with Crippen LogP contribution < -0.4 is 14.8 Å². The van der Waals surface area contributed by atoms with Crippen LogP contribution in [0.1, 0.15) is 35.2 Å². The van der Waals surface area contributed by atoms with Crippen LogP contribution in [-0.2, 0) is 4.79 Å². The number of benzene rings is 2. The Kier molecular flexibility index (Phi) is 6.57. The largest absolute Gasteiger partial charge is 0.497 e. The number of hydrogen-bond donors (Lipinski definition) is 1. The quantitative estimate of drug-likeness (QED) is 0.737. The van der Waals surface area contributed by atoms with E-state index < -0.39 is 0 Å². The van der Waals surface area contributed by atoms with Gasteiger partial charge in [-0.3, -0.25) is 9.59 Å². The van der Waals surface area contributed by atoms with E-state index in [1.807, 2.05) is 25.1 Å². The minimum atomic E-state index is -0.133. The predicted molar refractivity (Wildman–Crippen MR) is 97.5 cm³/mol. The molecule has 25 heavy (non-hydrogen) atoms. The lowest BCUT2D eigenvalue weighted by Crippen LogP contribution is -2.13. The lowest BCUT2D eigenvalue weighted by Gasteiger charge is -2.11. The maximum atomic E-state index is 12.1. The molecule has 0 fully saturated rings. The zero-order chi connectivity index (χ0) is 18.2. The van der Waals surface area contributed by atoms with E-state index in [1.165, 1.54) is 0 Å². The van der Waals surface area contributed by atoms with Crippen molar-refractivity contribution >= 4 is 17.4 Å². The molecule has 0 heterocycles.